The van der Waals surface area contributed by atoms with Crippen molar-refractivity contribution >= 4 is 17.7 Å². The lowest BCUT2D eigenvalue weighted by Gasteiger charge is -2.35. The van der Waals surface area contributed by atoms with E-state index in [0.717, 1.165) is 24.3 Å². The van der Waals surface area contributed by atoms with E-state index >= 15 is 0 Å². The molecule has 5 nitrogen and oxygen atoms in total. The van der Waals surface area contributed by atoms with Crippen molar-refractivity contribution in [3.63, 3.8) is 0 Å². The Kier molecular flexibility index (Phi) is 6.75. The molecule has 0 bridgehead atoms. The Morgan fingerprint density at radius 2 is 1.72 bits per heavy atom. The molecule has 0 atom stereocenters. The number of nitrogens with zero attached hydrogens (tertiary/aromatic N) is 2. The van der Waals surface area contributed by atoms with Crippen molar-refractivity contribution in [2.24, 2.45) is 0 Å². The monoisotopic (exact) mass is 398 g/mol. The van der Waals surface area contributed by atoms with Crippen LogP contribution < -0.4 is 14.4 Å². The normalized spacial score (nSPS) is 14.5. The number of piperazine rings is 1. The number of anilines is 1. The van der Waals surface area contributed by atoms with E-state index in [4.69, 9.17) is 9.47 Å². The van der Waals surface area contributed by atoms with Crippen molar-refractivity contribution in [2.45, 2.75) is 20.0 Å². The van der Waals surface area contributed by atoms with Gasteiger partial charge in [-0.3, -0.25) is 4.79 Å². The third-order valence-electron chi connectivity index (χ3n) is 4.75. The smallest absolute Gasteiger partial charge is 0.246 e. The molecular weight excluding hydrogens is 371 g/mol. The highest BCUT2D eigenvalue weighted by Crippen LogP contribution is 2.29. The van der Waals surface area contributed by atoms with Crippen LogP contribution in [0.2, 0.25) is 0 Å². The quantitative estimate of drug-likeness (QED) is 0.690. The average molecular weight is 398 g/mol. The lowest BCUT2D eigenvalue weighted by Crippen LogP contribution is -2.48. The molecule has 6 heteroatoms. The summed E-state index contributed by atoms with van der Waals surface area (Å²) in [5.41, 5.74) is 1.85. The molecule has 154 valence electrons. The zero-order valence-corrected chi connectivity index (χ0v) is 17.1. The molecule has 0 N–H and O–H groups in total. The third-order valence-corrected chi connectivity index (χ3v) is 4.75. The first-order valence-corrected chi connectivity index (χ1v) is 9.78. The number of amides is 1. The van der Waals surface area contributed by atoms with Gasteiger partial charge in [-0.05, 0) is 61.9 Å². The minimum atomic E-state index is -0.242. The maximum Gasteiger partial charge on any atom is 0.246 e. The Labute approximate surface area is 171 Å². The van der Waals surface area contributed by atoms with Crippen LogP contribution in [0.3, 0.4) is 0 Å². The highest BCUT2D eigenvalue weighted by molar-refractivity contribution is 5.92. The van der Waals surface area contributed by atoms with E-state index < -0.39 is 0 Å². The zero-order chi connectivity index (χ0) is 20.8. The van der Waals surface area contributed by atoms with Crippen molar-refractivity contribution in [1.82, 2.24) is 4.90 Å². The number of halogens is 1. The number of carbonyl (C=O) groups is 1. The first kappa shape index (κ1) is 20.7. The van der Waals surface area contributed by atoms with Gasteiger partial charge in [-0.2, -0.15) is 0 Å². The summed E-state index contributed by atoms with van der Waals surface area (Å²) in [6.07, 6.45) is 3.43. The summed E-state index contributed by atoms with van der Waals surface area (Å²) in [5.74, 6) is 1.06. The van der Waals surface area contributed by atoms with Crippen LogP contribution in [0.5, 0.6) is 11.5 Å². The van der Waals surface area contributed by atoms with Crippen LogP contribution in [-0.4, -0.2) is 50.2 Å². The van der Waals surface area contributed by atoms with Gasteiger partial charge in [-0.25, -0.2) is 4.39 Å². The summed E-state index contributed by atoms with van der Waals surface area (Å²) in [6.45, 7) is 6.63. The summed E-state index contributed by atoms with van der Waals surface area (Å²) in [5, 5.41) is 0. The Morgan fingerprint density at radius 3 is 2.34 bits per heavy atom. The second kappa shape index (κ2) is 9.45. The average Bonchev–Trinajstić information content (AvgIpc) is 2.73. The minimum Gasteiger partial charge on any atom is -0.493 e. The number of hydrogen-bond acceptors (Lipinski definition) is 4. The summed E-state index contributed by atoms with van der Waals surface area (Å²) in [6, 6.07) is 12.1. The number of methoxy groups -OCH3 is 1. The Morgan fingerprint density at radius 1 is 1.03 bits per heavy atom. The van der Waals surface area contributed by atoms with Gasteiger partial charge in [0.05, 0.1) is 13.2 Å². The van der Waals surface area contributed by atoms with E-state index in [9.17, 15) is 9.18 Å². The van der Waals surface area contributed by atoms with Crippen LogP contribution in [0.25, 0.3) is 6.08 Å². The van der Waals surface area contributed by atoms with Crippen LogP contribution >= 0.6 is 0 Å². The Bertz CT molecular complexity index is 857. The standard InChI is InChI=1S/C23H27FN2O3/c1-17(2)29-21-10-4-18(16-22(21)28-3)5-11-23(27)26-14-12-25(13-15-26)20-8-6-19(24)7-9-20/h4-11,16-17H,12-15H2,1-3H3/b11-5+. The minimum absolute atomic E-state index is 0.0229. The number of hydrogen-bond donors (Lipinski definition) is 0. The van der Waals surface area contributed by atoms with E-state index in [1.54, 1.807) is 31.4 Å². The van der Waals surface area contributed by atoms with Gasteiger partial charge in [0.1, 0.15) is 5.82 Å². The molecule has 1 saturated heterocycles. The van der Waals surface area contributed by atoms with E-state index in [0.29, 0.717) is 24.6 Å². The molecule has 0 spiro atoms. The largest absolute Gasteiger partial charge is 0.493 e. The third kappa shape index (κ3) is 5.50. The predicted molar refractivity (Wildman–Crippen MR) is 113 cm³/mol. The highest BCUT2D eigenvalue weighted by atomic mass is 19.1. The van der Waals surface area contributed by atoms with Crippen LogP contribution in [0, 0.1) is 5.82 Å². The van der Waals surface area contributed by atoms with Crippen molar-refractivity contribution in [1.29, 1.82) is 0 Å². The van der Waals surface area contributed by atoms with Crippen molar-refractivity contribution < 1.29 is 18.7 Å². The first-order valence-electron chi connectivity index (χ1n) is 9.78. The molecule has 1 aliphatic rings. The predicted octanol–water partition coefficient (Wildman–Crippen LogP) is 3.98. The molecule has 2 aromatic carbocycles. The summed E-state index contributed by atoms with van der Waals surface area (Å²) in [7, 11) is 1.60. The van der Waals surface area contributed by atoms with Crippen molar-refractivity contribution in [3.8, 4) is 11.5 Å². The van der Waals surface area contributed by atoms with Crippen LogP contribution in [0.4, 0.5) is 10.1 Å². The lowest BCUT2D eigenvalue weighted by molar-refractivity contribution is -0.126. The van der Waals surface area contributed by atoms with E-state index in [1.807, 2.05) is 36.9 Å². The molecule has 0 aliphatic carbocycles. The molecule has 1 heterocycles. The van der Waals surface area contributed by atoms with Crippen molar-refractivity contribution in [2.75, 3.05) is 38.2 Å². The maximum absolute atomic E-state index is 13.1. The van der Waals surface area contributed by atoms with Crippen molar-refractivity contribution in [3.05, 3.63) is 59.9 Å². The summed E-state index contributed by atoms with van der Waals surface area (Å²) < 4.78 is 24.2. The van der Waals surface area contributed by atoms with Gasteiger partial charge in [0.15, 0.2) is 11.5 Å². The van der Waals surface area contributed by atoms with E-state index in [-0.39, 0.29) is 17.8 Å². The van der Waals surface area contributed by atoms with Gasteiger partial charge in [-0.15, -0.1) is 0 Å². The van der Waals surface area contributed by atoms with Crippen LogP contribution in [0.15, 0.2) is 48.5 Å². The van der Waals surface area contributed by atoms with Gasteiger partial charge in [0.25, 0.3) is 0 Å². The number of rotatable bonds is 6. The number of carbonyl (C=O) groups excluding carboxylic acids is 1. The molecule has 29 heavy (non-hydrogen) atoms. The lowest BCUT2D eigenvalue weighted by atomic mass is 10.1. The van der Waals surface area contributed by atoms with Crippen LogP contribution in [-0.2, 0) is 4.79 Å². The maximum atomic E-state index is 13.1. The highest BCUT2D eigenvalue weighted by Gasteiger charge is 2.19. The molecule has 0 unspecified atom stereocenters. The summed E-state index contributed by atoms with van der Waals surface area (Å²) in [4.78, 5) is 16.5. The topological polar surface area (TPSA) is 42.0 Å². The SMILES string of the molecule is COc1cc(/C=C/C(=O)N2CCN(c3ccc(F)cc3)CC2)ccc1OC(C)C. The molecule has 2 aromatic rings. The van der Waals surface area contributed by atoms with Gasteiger partial charge >= 0.3 is 0 Å². The number of benzene rings is 2. The van der Waals surface area contributed by atoms with Gasteiger partial charge in [-0.1, -0.05) is 6.07 Å². The fourth-order valence-corrected chi connectivity index (χ4v) is 3.25. The Balaban J connectivity index is 1.58. The molecule has 0 saturated carbocycles. The zero-order valence-electron chi connectivity index (χ0n) is 17.1. The molecule has 3 rings (SSSR count). The van der Waals surface area contributed by atoms with Gasteiger partial charge < -0.3 is 19.3 Å². The molecule has 1 aliphatic heterocycles. The van der Waals surface area contributed by atoms with Gasteiger partial charge in [0.2, 0.25) is 5.91 Å². The van der Waals surface area contributed by atoms with Crippen LogP contribution in [0.1, 0.15) is 19.4 Å². The van der Waals surface area contributed by atoms with E-state index in [2.05, 4.69) is 4.90 Å². The summed E-state index contributed by atoms with van der Waals surface area (Å²) >= 11 is 0. The fourth-order valence-electron chi connectivity index (χ4n) is 3.25. The molecule has 0 radical (unpaired) electrons. The van der Waals surface area contributed by atoms with E-state index in [1.165, 1.54) is 12.1 Å². The fraction of sp³-hybridized carbons (Fsp3) is 0.348. The molecular formula is C23H27FN2O3. The second-order valence-corrected chi connectivity index (χ2v) is 7.20. The first-order chi connectivity index (χ1) is 14.0. The molecule has 1 fully saturated rings. The number of ether oxygens (including phenoxy) is 2. The Hall–Kier alpha value is -3.02. The second-order valence-electron chi connectivity index (χ2n) is 7.20. The molecule has 1 amide bonds. The molecule has 0 aromatic heterocycles. The van der Waals surface area contributed by atoms with Gasteiger partial charge in [0, 0.05) is 37.9 Å².